The van der Waals surface area contributed by atoms with Gasteiger partial charge in [0.1, 0.15) is 5.82 Å². The van der Waals surface area contributed by atoms with Gasteiger partial charge in [-0.2, -0.15) is 11.3 Å². The first kappa shape index (κ1) is 9.92. The molecule has 0 fully saturated rings. The number of hydrogen-bond acceptors (Lipinski definition) is 4. The maximum absolute atomic E-state index is 11.0. The normalized spacial score (nSPS) is 10.2. The number of thiophene rings is 1. The Kier molecular flexibility index (Phi) is 2.82. The summed E-state index contributed by atoms with van der Waals surface area (Å²) in [5.74, 6) is 0.601. The van der Waals surface area contributed by atoms with Gasteiger partial charge in [-0.05, 0) is 28.8 Å². The maximum Gasteiger partial charge on any atom is 0.252 e. The van der Waals surface area contributed by atoms with Gasteiger partial charge in [0, 0.05) is 12.6 Å². The molecule has 2 heterocycles. The molecule has 0 aromatic carbocycles. The minimum absolute atomic E-state index is 0.144. The van der Waals surface area contributed by atoms with E-state index in [0.29, 0.717) is 12.4 Å². The van der Waals surface area contributed by atoms with Gasteiger partial charge in [-0.3, -0.25) is 4.79 Å². The molecular weight excluding hydrogens is 210 g/mol. The molecule has 5 heteroatoms. The number of H-pyrrole nitrogens is 1. The summed E-state index contributed by atoms with van der Waals surface area (Å²) in [6.07, 6.45) is 1.39. The van der Waals surface area contributed by atoms with Crippen molar-refractivity contribution in [2.24, 2.45) is 0 Å². The van der Waals surface area contributed by atoms with Crippen LogP contribution in [-0.2, 0) is 6.54 Å². The van der Waals surface area contributed by atoms with E-state index in [1.165, 1.54) is 23.5 Å². The van der Waals surface area contributed by atoms with Gasteiger partial charge in [-0.15, -0.1) is 0 Å². The average Bonchev–Trinajstić information content (AvgIpc) is 2.61. The van der Waals surface area contributed by atoms with Crippen LogP contribution in [-0.4, -0.2) is 9.97 Å². The van der Waals surface area contributed by atoms with Crippen molar-refractivity contribution in [3.05, 3.63) is 44.6 Å². The molecule has 0 aliphatic carbocycles. The summed E-state index contributed by atoms with van der Waals surface area (Å²) in [7, 11) is 0. The van der Waals surface area contributed by atoms with Crippen LogP contribution in [0.5, 0.6) is 0 Å². The average molecular weight is 221 g/mol. The molecule has 0 saturated heterocycles. The van der Waals surface area contributed by atoms with E-state index in [1.54, 1.807) is 11.3 Å². The lowest BCUT2D eigenvalue weighted by Crippen LogP contribution is -2.08. The Labute approximate surface area is 91.0 Å². The highest BCUT2D eigenvalue weighted by Crippen LogP contribution is 2.14. The standard InChI is InChI=1S/C10H11N3OS/c1-7-4-15-5-8(7)3-11-9-2-10(14)13-6-12-9/h2,4-6H,3H2,1H3,(H2,11,12,13,14). The molecule has 2 aromatic heterocycles. The molecule has 2 rings (SSSR count). The maximum atomic E-state index is 11.0. The van der Waals surface area contributed by atoms with E-state index >= 15 is 0 Å². The first-order chi connectivity index (χ1) is 7.25. The molecule has 0 radical (unpaired) electrons. The third kappa shape index (κ3) is 2.44. The van der Waals surface area contributed by atoms with Gasteiger partial charge in [0.2, 0.25) is 0 Å². The van der Waals surface area contributed by atoms with E-state index in [0.717, 1.165) is 0 Å². The second-order valence-electron chi connectivity index (χ2n) is 3.23. The molecular formula is C10H11N3OS. The monoisotopic (exact) mass is 221 g/mol. The highest BCUT2D eigenvalue weighted by atomic mass is 32.1. The van der Waals surface area contributed by atoms with E-state index in [-0.39, 0.29) is 5.56 Å². The van der Waals surface area contributed by atoms with Crippen molar-refractivity contribution in [2.75, 3.05) is 5.32 Å². The zero-order valence-electron chi connectivity index (χ0n) is 8.28. The Hall–Kier alpha value is -1.62. The molecule has 0 spiro atoms. The number of aromatic amines is 1. The van der Waals surface area contributed by atoms with E-state index in [2.05, 4.69) is 33.0 Å². The van der Waals surface area contributed by atoms with Crippen LogP contribution in [0.1, 0.15) is 11.1 Å². The van der Waals surface area contributed by atoms with Gasteiger partial charge in [0.25, 0.3) is 5.56 Å². The van der Waals surface area contributed by atoms with Crippen molar-refractivity contribution in [1.29, 1.82) is 0 Å². The van der Waals surface area contributed by atoms with E-state index < -0.39 is 0 Å². The van der Waals surface area contributed by atoms with Gasteiger partial charge in [0.05, 0.1) is 6.33 Å². The lowest BCUT2D eigenvalue weighted by molar-refractivity contribution is 1.06. The topological polar surface area (TPSA) is 57.8 Å². The van der Waals surface area contributed by atoms with Crippen molar-refractivity contribution in [3.8, 4) is 0 Å². The van der Waals surface area contributed by atoms with Crippen LogP contribution in [0.3, 0.4) is 0 Å². The fourth-order valence-electron chi connectivity index (χ4n) is 1.22. The van der Waals surface area contributed by atoms with Crippen LogP contribution in [0.2, 0.25) is 0 Å². The lowest BCUT2D eigenvalue weighted by atomic mass is 10.2. The smallest absolute Gasteiger partial charge is 0.252 e. The molecule has 0 unspecified atom stereocenters. The summed E-state index contributed by atoms with van der Waals surface area (Å²) in [6.45, 7) is 2.77. The van der Waals surface area contributed by atoms with Crippen molar-refractivity contribution in [1.82, 2.24) is 9.97 Å². The molecule has 0 aliphatic rings. The largest absolute Gasteiger partial charge is 0.366 e. The summed E-state index contributed by atoms with van der Waals surface area (Å²) in [4.78, 5) is 17.5. The SMILES string of the molecule is Cc1cscc1CNc1cc(=O)[nH]cn1. The summed E-state index contributed by atoms with van der Waals surface area (Å²) in [5.41, 5.74) is 2.36. The molecule has 2 N–H and O–H groups in total. The molecule has 0 atom stereocenters. The quantitative estimate of drug-likeness (QED) is 0.830. The van der Waals surface area contributed by atoms with Gasteiger partial charge in [0.15, 0.2) is 0 Å². The predicted octanol–water partition coefficient (Wildman–Crippen LogP) is 1.75. The van der Waals surface area contributed by atoms with Crippen LogP contribution < -0.4 is 10.9 Å². The zero-order valence-corrected chi connectivity index (χ0v) is 9.10. The minimum atomic E-state index is -0.144. The Morgan fingerprint density at radius 3 is 3.07 bits per heavy atom. The molecule has 15 heavy (non-hydrogen) atoms. The van der Waals surface area contributed by atoms with Crippen molar-refractivity contribution in [3.63, 3.8) is 0 Å². The first-order valence-electron chi connectivity index (χ1n) is 4.56. The highest BCUT2D eigenvalue weighted by Gasteiger charge is 1.99. The van der Waals surface area contributed by atoms with Crippen molar-refractivity contribution >= 4 is 17.2 Å². The second kappa shape index (κ2) is 4.27. The van der Waals surface area contributed by atoms with E-state index in [9.17, 15) is 4.79 Å². The minimum Gasteiger partial charge on any atom is -0.366 e. The molecule has 78 valence electrons. The number of anilines is 1. The third-order valence-electron chi connectivity index (χ3n) is 2.10. The summed E-state index contributed by atoms with van der Waals surface area (Å²) in [6, 6.07) is 1.45. The summed E-state index contributed by atoms with van der Waals surface area (Å²) >= 11 is 1.68. The van der Waals surface area contributed by atoms with E-state index in [1.807, 2.05) is 0 Å². The molecule has 2 aromatic rings. The van der Waals surface area contributed by atoms with Crippen LogP contribution >= 0.6 is 11.3 Å². The Morgan fingerprint density at radius 1 is 1.53 bits per heavy atom. The molecule has 0 bridgehead atoms. The number of rotatable bonds is 3. The number of aryl methyl sites for hydroxylation is 1. The van der Waals surface area contributed by atoms with Gasteiger partial charge < -0.3 is 10.3 Å². The third-order valence-corrected chi connectivity index (χ3v) is 3.01. The number of aromatic nitrogens is 2. The summed E-state index contributed by atoms with van der Waals surface area (Å²) in [5, 5.41) is 7.30. The molecule has 0 saturated carbocycles. The van der Waals surface area contributed by atoms with Gasteiger partial charge >= 0.3 is 0 Å². The first-order valence-corrected chi connectivity index (χ1v) is 5.50. The Morgan fingerprint density at radius 2 is 2.40 bits per heavy atom. The fourth-order valence-corrected chi connectivity index (χ4v) is 2.08. The molecule has 4 nitrogen and oxygen atoms in total. The van der Waals surface area contributed by atoms with Crippen molar-refractivity contribution < 1.29 is 0 Å². The molecule has 0 amide bonds. The molecule has 0 aliphatic heterocycles. The zero-order chi connectivity index (χ0) is 10.7. The lowest BCUT2D eigenvalue weighted by Gasteiger charge is -2.03. The second-order valence-corrected chi connectivity index (χ2v) is 3.97. The number of nitrogens with one attached hydrogen (secondary N) is 2. The Bertz CT molecular complexity index is 503. The fraction of sp³-hybridized carbons (Fsp3) is 0.200. The van der Waals surface area contributed by atoms with Crippen LogP contribution in [0.4, 0.5) is 5.82 Å². The highest BCUT2D eigenvalue weighted by molar-refractivity contribution is 7.08. The van der Waals surface area contributed by atoms with E-state index in [4.69, 9.17) is 0 Å². The number of nitrogens with zero attached hydrogens (tertiary/aromatic N) is 1. The van der Waals surface area contributed by atoms with Crippen LogP contribution in [0.15, 0.2) is 27.9 Å². The summed E-state index contributed by atoms with van der Waals surface area (Å²) < 4.78 is 0. The van der Waals surface area contributed by atoms with Gasteiger partial charge in [-0.1, -0.05) is 0 Å². The number of hydrogen-bond donors (Lipinski definition) is 2. The van der Waals surface area contributed by atoms with Crippen molar-refractivity contribution in [2.45, 2.75) is 13.5 Å². The Balaban J connectivity index is 2.05. The van der Waals surface area contributed by atoms with Crippen LogP contribution in [0.25, 0.3) is 0 Å². The predicted molar refractivity (Wildman–Crippen MR) is 61.2 cm³/mol. The van der Waals surface area contributed by atoms with Gasteiger partial charge in [-0.25, -0.2) is 4.98 Å². The van der Waals surface area contributed by atoms with Crippen LogP contribution in [0, 0.1) is 6.92 Å².